The molecule has 2 rings (SSSR count). The minimum Gasteiger partial charge on any atom is -0.321 e. The Balaban J connectivity index is 2.23. The molecule has 0 spiro atoms. The molecule has 19 heavy (non-hydrogen) atoms. The Bertz CT molecular complexity index is 641. The predicted octanol–water partition coefficient (Wildman–Crippen LogP) is 5.53. The van der Waals surface area contributed by atoms with Crippen LogP contribution in [0.4, 0.5) is 5.69 Å². The first-order valence-corrected chi connectivity index (χ1v) is 7.88. The van der Waals surface area contributed by atoms with Crippen molar-refractivity contribution in [3.63, 3.8) is 0 Å². The average Bonchev–Trinajstić information content (AvgIpc) is 2.36. The van der Waals surface area contributed by atoms with Gasteiger partial charge in [-0.3, -0.25) is 4.79 Å². The Labute approximate surface area is 137 Å². The number of benzene rings is 2. The standard InChI is InChI=1S/C14H10Br3NO/c1-8-6-9(2-4-11(8)16)14(19)18-13-5-3-10(15)7-12(13)17/h2-7H,1H3,(H,18,19). The second-order valence-corrected chi connectivity index (χ2v) is 6.67. The van der Waals surface area contributed by atoms with Crippen molar-refractivity contribution in [3.05, 3.63) is 60.9 Å². The van der Waals surface area contributed by atoms with Gasteiger partial charge in [0.15, 0.2) is 0 Å². The number of halogens is 3. The van der Waals surface area contributed by atoms with E-state index in [1.165, 1.54) is 0 Å². The van der Waals surface area contributed by atoms with E-state index in [2.05, 4.69) is 53.1 Å². The molecule has 0 bridgehead atoms. The summed E-state index contributed by atoms with van der Waals surface area (Å²) in [6, 6.07) is 11.1. The van der Waals surface area contributed by atoms with Crippen molar-refractivity contribution in [2.24, 2.45) is 0 Å². The first-order chi connectivity index (χ1) is 8.97. The van der Waals surface area contributed by atoms with Gasteiger partial charge in [0.05, 0.1) is 5.69 Å². The molecule has 2 aromatic rings. The third-order valence-electron chi connectivity index (χ3n) is 2.60. The van der Waals surface area contributed by atoms with Gasteiger partial charge in [-0.25, -0.2) is 0 Å². The third-order valence-corrected chi connectivity index (χ3v) is 4.64. The topological polar surface area (TPSA) is 29.1 Å². The molecule has 0 aliphatic carbocycles. The highest BCUT2D eigenvalue weighted by molar-refractivity contribution is 9.11. The highest BCUT2D eigenvalue weighted by Gasteiger charge is 2.09. The monoisotopic (exact) mass is 445 g/mol. The molecule has 0 unspecified atom stereocenters. The molecule has 0 saturated heterocycles. The summed E-state index contributed by atoms with van der Waals surface area (Å²) in [6.45, 7) is 1.95. The number of hydrogen-bond acceptors (Lipinski definition) is 1. The lowest BCUT2D eigenvalue weighted by atomic mass is 10.1. The lowest BCUT2D eigenvalue weighted by Crippen LogP contribution is -2.12. The summed E-state index contributed by atoms with van der Waals surface area (Å²) < 4.78 is 2.79. The molecule has 5 heteroatoms. The normalized spacial score (nSPS) is 10.3. The van der Waals surface area contributed by atoms with Crippen LogP contribution in [0.5, 0.6) is 0 Å². The molecule has 0 aliphatic heterocycles. The molecule has 0 aliphatic rings. The van der Waals surface area contributed by atoms with Crippen molar-refractivity contribution in [1.82, 2.24) is 0 Å². The van der Waals surface area contributed by atoms with E-state index in [0.29, 0.717) is 5.56 Å². The minimum absolute atomic E-state index is 0.126. The van der Waals surface area contributed by atoms with Gasteiger partial charge in [0.2, 0.25) is 0 Å². The van der Waals surface area contributed by atoms with Gasteiger partial charge in [-0.2, -0.15) is 0 Å². The lowest BCUT2D eigenvalue weighted by molar-refractivity contribution is 0.102. The van der Waals surface area contributed by atoms with Gasteiger partial charge in [-0.15, -0.1) is 0 Å². The zero-order valence-corrected chi connectivity index (χ0v) is 14.8. The molecular weight excluding hydrogens is 438 g/mol. The second kappa shape index (κ2) is 6.20. The number of aryl methyl sites for hydroxylation is 1. The number of carbonyl (C=O) groups excluding carboxylic acids is 1. The SMILES string of the molecule is Cc1cc(C(=O)Nc2ccc(Br)cc2Br)ccc1Br. The zero-order chi connectivity index (χ0) is 14.0. The van der Waals surface area contributed by atoms with E-state index < -0.39 is 0 Å². The van der Waals surface area contributed by atoms with Crippen molar-refractivity contribution >= 4 is 59.4 Å². The Morgan fingerprint density at radius 3 is 2.37 bits per heavy atom. The summed E-state index contributed by atoms with van der Waals surface area (Å²) >= 11 is 10.2. The number of anilines is 1. The molecule has 0 radical (unpaired) electrons. The summed E-state index contributed by atoms with van der Waals surface area (Å²) in [5.74, 6) is -0.126. The van der Waals surface area contributed by atoms with Crippen LogP contribution in [0.3, 0.4) is 0 Å². The van der Waals surface area contributed by atoms with Crippen LogP contribution in [-0.2, 0) is 0 Å². The number of nitrogens with one attached hydrogen (secondary N) is 1. The second-order valence-electron chi connectivity index (χ2n) is 4.04. The predicted molar refractivity (Wildman–Crippen MR) is 88.7 cm³/mol. The molecule has 0 heterocycles. The van der Waals surface area contributed by atoms with E-state index in [9.17, 15) is 4.79 Å². The van der Waals surface area contributed by atoms with Gasteiger partial charge >= 0.3 is 0 Å². The Hall–Kier alpha value is -0.650. The van der Waals surface area contributed by atoms with Crippen LogP contribution in [0.1, 0.15) is 15.9 Å². The molecule has 1 N–H and O–H groups in total. The average molecular weight is 448 g/mol. The smallest absolute Gasteiger partial charge is 0.255 e. The van der Waals surface area contributed by atoms with Crippen LogP contribution in [0.25, 0.3) is 0 Å². The van der Waals surface area contributed by atoms with Crippen molar-refractivity contribution in [2.75, 3.05) is 5.32 Å². The molecule has 0 aromatic heterocycles. The zero-order valence-electron chi connectivity index (χ0n) is 10.0. The third kappa shape index (κ3) is 3.68. The molecular formula is C14H10Br3NO. The van der Waals surface area contributed by atoms with E-state index in [1.54, 1.807) is 6.07 Å². The van der Waals surface area contributed by atoms with E-state index >= 15 is 0 Å². The Morgan fingerprint density at radius 1 is 1.00 bits per heavy atom. The Morgan fingerprint density at radius 2 is 1.74 bits per heavy atom. The van der Waals surface area contributed by atoms with Gasteiger partial charge in [0.25, 0.3) is 5.91 Å². The fraction of sp³-hybridized carbons (Fsp3) is 0.0714. The van der Waals surface area contributed by atoms with Crippen LogP contribution in [0.2, 0.25) is 0 Å². The number of amides is 1. The van der Waals surface area contributed by atoms with Crippen molar-refractivity contribution in [2.45, 2.75) is 6.92 Å². The summed E-state index contributed by atoms with van der Waals surface area (Å²) in [4.78, 5) is 12.2. The van der Waals surface area contributed by atoms with Gasteiger partial charge < -0.3 is 5.32 Å². The van der Waals surface area contributed by atoms with Gasteiger partial charge in [-0.1, -0.05) is 31.9 Å². The van der Waals surface area contributed by atoms with Crippen molar-refractivity contribution < 1.29 is 4.79 Å². The first-order valence-electron chi connectivity index (χ1n) is 5.50. The highest BCUT2D eigenvalue weighted by atomic mass is 79.9. The van der Waals surface area contributed by atoms with Crippen LogP contribution < -0.4 is 5.32 Å². The lowest BCUT2D eigenvalue weighted by Gasteiger charge is -2.09. The number of carbonyl (C=O) groups is 1. The van der Waals surface area contributed by atoms with Gasteiger partial charge in [-0.05, 0) is 64.8 Å². The summed E-state index contributed by atoms with van der Waals surface area (Å²) in [5, 5.41) is 2.88. The molecule has 0 saturated carbocycles. The molecule has 0 atom stereocenters. The summed E-state index contributed by atoms with van der Waals surface area (Å²) in [7, 11) is 0. The summed E-state index contributed by atoms with van der Waals surface area (Å²) in [6.07, 6.45) is 0. The maximum Gasteiger partial charge on any atom is 0.255 e. The first kappa shape index (κ1) is 14.8. The van der Waals surface area contributed by atoms with E-state index in [-0.39, 0.29) is 5.91 Å². The van der Waals surface area contributed by atoms with Gasteiger partial charge in [0, 0.05) is 19.0 Å². The maximum atomic E-state index is 12.2. The summed E-state index contributed by atoms with van der Waals surface area (Å²) in [5.41, 5.74) is 2.41. The number of hydrogen-bond donors (Lipinski definition) is 1. The molecule has 1 amide bonds. The fourth-order valence-electron chi connectivity index (χ4n) is 1.57. The molecule has 2 aromatic carbocycles. The van der Waals surface area contributed by atoms with Crippen molar-refractivity contribution in [3.8, 4) is 0 Å². The van der Waals surface area contributed by atoms with Crippen LogP contribution in [-0.4, -0.2) is 5.91 Å². The fourth-order valence-corrected chi connectivity index (χ4v) is 2.96. The quantitative estimate of drug-likeness (QED) is 0.643. The molecule has 2 nitrogen and oxygen atoms in total. The minimum atomic E-state index is -0.126. The van der Waals surface area contributed by atoms with Crippen LogP contribution in [0.15, 0.2) is 49.8 Å². The largest absolute Gasteiger partial charge is 0.321 e. The maximum absolute atomic E-state index is 12.2. The Kier molecular flexibility index (Phi) is 4.81. The van der Waals surface area contributed by atoms with E-state index in [4.69, 9.17) is 0 Å². The van der Waals surface area contributed by atoms with Crippen LogP contribution in [0, 0.1) is 6.92 Å². The van der Waals surface area contributed by atoms with Crippen LogP contribution >= 0.6 is 47.8 Å². The molecule has 98 valence electrons. The van der Waals surface area contributed by atoms with E-state index in [1.807, 2.05) is 37.3 Å². The van der Waals surface area contributed by atoms with E-state index in [0.717, 1.165) is 24.7 Å². The number of rotatable bonds is 2. The highest BCUT2D eigenvalue weighted by Crippen LogP contribution is 2.27. The van der Waals surface area contributed by atoms with Crippen molar-refractivity contribution in [1.29, 1.82) is 0 Å². The van der Waals surface area contributed by atoms with Gasteiger partial charge in [0.1, 0.15) is 0 Å². The molecule has 0 fully saturated rings.